The van der Waals surface area contributed by atoms with Crippen LogP contribution in [0.1, 0.15) is 31.9 Å². The molecule has 0 aliphatic rings. The van der Waals surface area contributed by atoms with Crippen LogP contribution in [-0.4, -0.2) is 19.0 Å². The highest BCUT2D eigenvalue weighted by atomic mass is 35.5. The monoisotopic (exact) mass is 338 g/mol. The van der Waals surface area contributed by atoms with Crippen LogP contribution >= 0.6 is 12.4 Å². The third-order valence-electron chi connectivity index (χ3n) is 3.48. The molecule has 0 heterocycles. The third-order valence-corrected chi connectivity index (χ3v) is 3.48. The lowest BCUT2D eigenvalue weighted by molar-refractivity contribution is -0.137. The van der Waals surface area contributed by atoms with Crippen molar-refractivity contribution in [3.05, 3.63) is 35.4 Å². The average molecular weight is 339 g/mol. The lowest BCUT2D eigenvalue weighted by Gasteiger charge is -2.27. The van der Waals surface area contributed by atoms with Gasteiger partial charge in [0.2, 0.25) is 5.91 Å². The van der Waals surface area contributed by atoms with Crippen LogP contribution in [0.15, 0.2) is 24.3 Å². The number of carbonyl (C=O) groups is 1. The predicted molar refractivity (Wildman–Crippen MR) is 82.9 cm³/mol. The summed E-state index contributed by atoms with van der Waals surface area (Å²) in [5, 5.41) is 2.73. The topological polar surface area (TPSA) is 55.1 Å². The minimum absolute atomic E-state index is 0. The molecule has 22 heavy (non-hydrogen) atoms. The number of rotatable bonds is 5. The van der Waals surface area contributed by atoms with E-state index in [-0.39, 0.29) is 37.3 Å². The molecular weight excluding hydrogens is 317 g/mol. The molecule has 1 aromatic carbocycles. The summed E-state index contributed by atoms with van der Waals surface area (Å²) in [4.78, 5) is 11.7. The average Bonchev–Trinajstić information content (AvgIpc) is 2.43. The van der Waals surface area contributed by atoms with Gasteiger partial charge in [0.25, 0.3) is 0 Å². The maximum absolute atomic E-state index is 12.7. The Balaban J connectivity index is 0.00000441. The van der Waals surface area contributed by atoms with E-state index in [1.54, 1.807) is 26.8 Å². The normalized spacial score (nSPS) is 13.2. The Labute approximate surface area is 134 Å². The number of benzene rings is 1. The van der Waals surface area contributed by atoms with Gasteiger partial charge in [0.05, 0.1) is 5.56 Å². The van der Waals surface area contributed by atoms with E-state index in [2.05, 4.69) is 5.32 Å². The Morgan fingerprint density at radius 3 is 2.32 bits per heavy atom. The van der Waals surface area contributed by atoms with E-state index in [4.69, 9.17) is 5.73 Å². The number of halogens is 4. The molecule has 0 spiro atoms. The highest BCUT2D eigenvalue weighted by Gasteiger charge is 2.32. The number of amides is 1. The molecule has 1 rings (SSSR count). The van der Waals surface area contributed by atoms with Gasteiger partial charge in [-0.1, -0.05) is 39.0 Å². The first kappa shape index (κ1) is 20.7. The molecular formula is C15H22ClF3N2O. The van der Waals surface area contributed by atoms with Gasteiger partial charge in [-0.15, -0.1) is 12.4 Å². The van der Waals surface area contributed by atoms with E-state index in [1.807, 2.05) is 0 Å². The van der Waals surface area contributed by atoms with Gasteiger partial charge in [-0.05, 0) is 11.6 Å². The molecule has 0 aliphatic carbocycles. The zero-order valence-electron chi connectivity index (χ0n) is 12.8. The van der Waals surface area contributed by atoms with Crippen LogP contribution < -0.4 is 11.1 Å². The lowest BCUT2D eigenvalue weighted by Crippen LogP contribution is -2.40. The van der Waals surface area contributed by atoms with Gasteiger partial charge in [0, 0.05) is 24.4 Å². The van der Waals surface area contributed by atoms with E-state index in [0.29, 0.717) is 5.56 Å². The van der Waals surface area contributed by atoms with Crippen molar-refractivity contribution in [2.24, 2.45) is 11.7 Å². The SMILES string of the molecule is CC(CN)C(=O)NCC(C)(C)c1cccc(C(F)(F)F)c1.Cl. The highest BCUT2D eigenvalue weighted by Crippen LogP contribution is 2.32. The number of nitrogens with one attached hydrogen (secondary N) is 1. The number of alkyl halides is 3. The van der Waals surface area contributed by atoms with E-state index in [0.717, 1.165) is 12.1 Å². The zero-order valence-corrected chi connectivity index (χ0v) is 13.6. The second-order valence-corrected chi connectivity index (χ2v) is 5.82. The summed E-state index contributed by atoms with van der Waals surface area (Å²) in [7, 11) is 0. The smallest absolute Gasteiger partial charge is 0.355 e. The fourth-order valence-corrected chi connectivity index (χ4v) is 1.81. The molecule has 1 amide bonds. The maximum Gasteiger partial charge on any atom is 0.416 e. The van der Waals surface area contributed by atoms with Crippen molar-refractivity contribution in [1.29, 1.82) is 0 Å². The van der Waals surface area contributed by atoms with E-state index in [1.165, 1.54) is 6.07 Å². The van der Waals surface area contributed by atoms with Gasteiger partial charge in [-0.2, -0.15) is 13.2 Å². The van der Waals surface area contributed by atoms with E-state index >= 15 is 0 Å². The van der Waals surface area contributed by atoms with Crippen LogP contribution in [-0.2, 0) is 16.4 Å². The second kappa shape index (κ2) is 7.83. The van der Waals surface area contributed by atoms with Crippen LogP contribution in [0.25, 0.3) is 0 Å². The second-order valence-electron chi connectivity index (χ2n) is 5.82. The first-order valence-electron chi connectivity index (χ1n) is 6.73. The molecule has 126 valence electrons. The van der Waals surface area contributed by atoms with Crippen LogP contribution in [0.4, 0.5) is 13.2 Å². The van der Waals surface area contributed by atoms with Gasteiger partial charge in [0.1, 0.15) is 0 Å². The summed E-state index contributed by atoms with van der Waals surface area (Å²) >= 11 is 0. The molecule has 0 aliphatic heterocycles. The minimum atomic E-state index is -4.37. The molecule has 1 unspecified atom stereocenters. The molecule has 0 fully saturated rings. The van der Waals surface area contributed by atoms with Crippen LogP contribution in [0.5, 0.6) is 0 Å². The molecule has 1 aromatic rings. The highest BCUT2D eigenvalue weighted by molar-refractivity contribution is 5.85. The Hall–Kier alpha value is -1.27. The Morgan fingerprint density at radius 2 is 1.82 bits per heavy atom. The van der Waals surface area contributed by atoms with Crippen molar-refractivity contribution in [3.8, 4) is 0 Å². The Kier molecular flexibility index (Phi) is 7.38. The molecule has 1 atom stereocenters. The van der Waals surface area contributed by atoms with Crippen LogP contribution in [0.2, 0.25) is 0 Å². The van der Waals surface area contributed by atoms with Crippen molar-refractivity contribution < 1.29 is 18.0 Å². The summed E-state index contributed by atoms with van der Waals surface area (Å²) in [6.45, 7) is 5.76. The Bertz CT molecular complexity index is 504. The molecule has 3 nitrogen and oxygen atoms in total. The summed E-state index contributed by atoms with van der Waals surface area (Å²) in [6.07, 6.45) is -4.37. The number of carbonyl (C=O) groups excluding carboxylic acids is 1. The Morgan fingerprint density at radius 1 is 1.27 bits per heavy atom. The predicted octanol–water partition coefficient (Wildman–Crippen LogP) is 3.12. The summed E-state index contributed by atoms with van der Waals surface area (Å²) in [6, 6.07) is 5.17. The minimum Gasteiger partial charge on any atom is -0.355 e. The molecule has 0 radical (unpaired) electrons. The van der Waals surface area contributed by atoms with Gasteiger partial charge in [-0.3, -0.25) is 4.79 Å². The molecule has 0 bridgehead atoms. The van der Waals surface area contributed by atoms with Gasteiger partial charge in [-0.25, -0.2) is 0 Å². The molecule has 3 N–H and O–H groups in total. The molecule has 7 heteroatoms. The lowest BCUT2D eigenvalue weighted by atomic mass is 9.83. The van der Waals surface area contributed by atoms with Gasteiger partial charge >= 0.3 is 6.18 Å². The largest absolute Gasteiger partial charge is 0.416 e. The number of hydrogen-bond acceptors (Lipinski definition) is 2. The molecule has 0 aromatic heterocycles. The molecule has 0 saturated heterocycles. The van der Waals surface area contributed by atoms with Crippen molar-refractivity contribution in [2.45, 2.75) is 32.4 Å². The maximum atomic E-state index is 12.7. The van der Waals surface area contributed by atoms with Gasteiger partial charge < -0.3 is 11.1 Å². The van der Waals surface area contributed by atoms with Crippen molar-refractivity contribution >= 4 is 18.3 Å². The fourth-order valence-electron chi connectivity index (χ4n) is 1.81. The summed E-state index contributed by atoms with van der Waals surface area (Å²) in [5.41, 5.74) is 4.64. The standard InChI is InChI=1S/C15H21F3N2O.ClH/c1-10(8-19)13(21)20-9-14(2,3)11-5-4-6-12(7-11)15(16,17)18;/h4-7,10H,8-9,19H2,1-3H3,(H,20,21);1H. The zero-order chi connectivity index (χ0) is 16.3. The molecule has 0 saturated carbocycles. The van der Waals surface area contributed by atoms with Gasteiger partial charge in [0.15, 0.2) is 0 Å². The van der Waals surface area contributed by atoms with Crippen LogP contribution in [0.3, 0.4) is 0 Å². The first-order chi connectivity index (χ1) is 9.58. The first-order valence-corrected chi connectivity index (χ1v) is 6.73. The van der Waals surface area contributed by atoms with E-state index in [9.17, 15) is 18.0 Å². The fraction of sp³-hybridized carbons (Fsp3) is 0.533. The number of hydrogen-bond donors (Lipinski definition) is 2. The van der Waals surface area contributed by atoms with Crippen molar-refractivity contribution in [1.82, 2.24) is 5.32 Å². The summed E-state index contributed by atoms with van der Waals surface area (Å²) < 4.78 is 38.2. The van der Waals surface area contributed by atoms with Crippen LogP contribution in [0, 0.1) is 5.92 Å². The quantitative estimate of drug-likeness (QED) is 0.866. The van der Waals surface area contributed by atoms with Crippen molar-refractivity contribution in [2.75, 3.05) is 13.1 Å². The summed E-state index contributed by atoms with van der Waals surface area (Å²) in [5.74, 6) is -0.514. The van der Waals surface area contributed by atoms with Crippen molar-refractivity contribution in [3.63, 3.8) is 0 Å². The number of nitrogens with two attached hydrogens (primary N) is 1. The van der Waals surface area contributed by atoms with E-state index < -0.39 is 17.2 Å². The third kappa shape index (κ3) is 5.50.